The molecule has 1 aromatic rings. The molecule has 3 unspecified atom stereocenters. The van der Waals surface area contributed by atoms with Crippen LogP contribution in [0.25, 0.3) is 0 Å². The largest absolute Gasteiger partial charge is 0.493 e. The van der Waals surface area contributed by atoms with Gasteiger partial charge in [-0.3, -0.25) is 0 Å². The number of rotatable bonds is 4. The molecule has 0 heterocycles. The molecule has 3 atom stereocenters. The molecule has 2 nitrogen and oxygen atoms in total. The van der Waals surface area contributed by atoms with E-state index in [1.165, 1.54) is 30.4 Å². The van der Waals surface area contributed by atoms with Gasteiger partial charge in [-0.1, -0.05) is 22.4 Å². The molecule has 3 rings (SSSR count). The highest BCUT2D eigenvalue weighted by Gasteiger charge is 2.55. The Kier molecular flexibility index (Phi) is 3.50. The third kappa shape index (κ3) is 2.16. The van der Waals surface area contributed by atoms with Crippen LogP contribution in [0.5, 0.6) is 11.5 Å². The lowest BCUT2D eigenvalue weighted by Gasteiger charge is -2.18. The van der Waals surface area contributed by atoms with Gasteiger partial charge in [0.15, 0.2) is 11.5 Å². The topological polar surface area (TPSA) is 18.5 Å². The average Bonchev–Trinajstić information content (AvgIpc) is 2.90. The van der Waals surface area contributed by atoms with E-state index in [2.05, 4.69) is 35.0 Å². The van der Waals surface area contributed by atoms with E-state index in [9.17, 15) is 0 Å². The van der Waals surface area contributed by atoms with Gasteiger partial charge in [0, 0.05) is 4.83 Å². The predicted octanol–water partition coefficient (Wildman–Crippen LogP) is 4.49. The molecule has 0 spiro atoms. The number of ether oxygens (including phenoxy) is 2. The second-order valence-corrected chi connectivity index (χ2v) is 6.79. The zero-order valence-electron chi connectivity index (χ0n) is 11.8. The SMILES string of the molecule is COc1cc(C)c(C(Br)C2C3CCCC32)cc1OC. The van der Waals surface area contributed by atoms with Crippen LogP contribution in [0.2, 0.25) is 0 Å². The number of hydrogen-bond donors (Lipinski definition) is 0. The third-order valence-corrected chi connectivity index (χ3v) is 5.98. The molecular weight excluding hydrogens is 304 g/mol. The Morgan fingerprint density at radius 2 is 1.68 bits per heavy atom. The zero-order valence-corrected chi connectivity index (χ0v) is 13.4. The van der Waals surface area contributed by atoms with Crippen LogP contribution in [-0.4, -0.2) is 14.2 Å². The zero-order chi connectivity index (χ0) is 13.6. The summed E-state index contributed by atoms with van der Waals surface area (Å²) >= 11 is 3.93. The fourth-order valence-corrected chi connectivity index (χ4v) is 5.09. The molecule has 0 aliphatic heterocycles. The minimum Gasteiger partial charge on any atom is -0.493 e. The average molecular weight is 325 g/mol. The number of methoxy groups -OCH3 is 2. The Balaban J connectivity index is 1.87. The van der Waals surface area contributed by atoms with Gasteiger partial charge in [-0.05, 0) is 60.8 Å². The summed E-state index contributed by atoms with van der Waals surface area (Å²) in [6.07, 6.45) is 4.27. The molecule has 2 aliphatic rings. The van der Waals surface area contributed by atoms with Gasteiger partial charge in [0.05, 0.1) is 14.2 Å². The molecule has 0 amide bonds. The number of halogens is 1. The Morgan fingerprint density at radius 3 is 2.26 bits per heavy atom. The molecule has 0 saturated heterocycles. The van der Waals surface area contributed by atoms with Crippen LogP contribution in [0.4, 0.5) is 0 Å². The summed E-state index contributed by atoms with van der Waals surface area (Å²) in [5, 5.41) is 0. The summed E-state index contributed by atoms with van der Waals surface area (Å²) in [6.45, 7) is 2.16. The molecule has 3 heteroatoms. The van der Waals surface area contributed by atoms with Crippen LogP contribution in [-0.2, 0) is 0 Å². The highest BCUT2D eigenvalue weighted by molar-refractivity contribution is 9.09. The number of benzene rings is 1. The van der Waals surface area contributed by atoms with E-state index in [-0.39, 0.29) is 0 Å². The van der Waals surface area contributed by atoms with E-state index in [1.807, 2.05) is 0 Å². The monoisotopic (exact) mass is 324 g/mol. The van der Waals surface area contributed by atoms with E-state index >= 15 is 0 Å². The standard InChI is InChI=1S/C16H21BrO2/c1-9-7-13(18-2)14(19-3)8-12(9)16(17)15-10-5-4-6-11(10)15/h7-8,10-11,15-16H,4-6H2,1-3H3. The molecule has 0 radical (unpaired) electrons. The highest BCUT2D eigenvalue weighted by Crippen LogP contribution is 2.64. The Labute approximate surface area is 123 Å². The highest BCUT2D eigenvalue weighted by atomic mass is 79.9. The number of alkyl halides is 1. The van der Waals surface area contributed by atoms with E-state index in [0.29, 0.717) is 4.83 Å². The van der Waals surface area contributed by atoms with E-state index < -0.39 is 0 Å². The van der Waals surface area contributed by atoms with Crippen molar-refractivity contribution in [2.24, 2.45) is 17.8 Å². The summed E-state index contributed by atoms with van der Waals surface area (Å²) in [7, 11) is 3.39. The minimum atomic E-state index is 0.461. The lowest BCUT2D eigenvalue weighted by molar-refractivity contribution is 0.354. The molecule has 0 N–H and O–H groups in total. The minimum absolute atomic E-state index is 0.461. The fourth-order valence-electron chi connectivity index (χ4n) is 3.81. The smallest absolute Gasteiger partial charge is 0.161 e. The molecule has 2 saturated carbocycles. The molecule has 2 aliphatic carbocycles. The van der Waals surface area contributed by atoms with Gasteiger partial charge < -0.3 is 9.47 Å². The van der Waals surface area contributed by atoms with Gasteiger partial charge in [-0.25, -0.2) is 0 Å². The quantitative estimate of drug-likeness (QED) is 0.759. The normalized spacial score (nSPS) is 29.8. The summed E-state index contributed by atoms with van der Waals surface area (Å²) in [4.78, 5) is 0.461. The molecule has 104 valence electrons. The van der Waals surface area contributed by atoms with Crippen molar-refractivity contribution in [2.45, 2.75) is 31.0 Å². The summed E-state index contributed by atoms with van der Waals surface area (Å²) in [5.41, 5.74) is 2.64. The Morgan fingerprint density at radius 1 is 1.11 bits per heavy atom. The lowest BCUT2D eigenvalue weighted by Crippen LogP contribution is -2.02. The molecule has 1 aromatic carbocycles. The summed E-state index contributed by atoms with van der Waals surface area (Å²) in [5.74, 6) is 4.39. The first-order valence-corrected chi connectivity index (χ1v) is 7.95. The maximum Gasteiger partial charge on any atom is 0.161 e. The van der Waals surface area contributed by atoms with Crippen molar-refractivity contribution in [3.8, 4) is 11.5 Å². The van der Waals surface area contributed by atoms with E-state index in [4.69, 9.17) is 9.47 Å². The van der Waals surface area contributed by atoms with Crippen LogP contribution < -0.4 is 9.47 Å². The maximum absolute atomic E-state index is 5.43. The number of fused-ring (bicyclic) bond motifs is 1. The van der Waals surface area contributed by atoms with Crippen LogP contribution >= 0.6 is 15.9 Å². The first kappa shape index (κ1) is 13.3. The van der Waals surface area contributed by atoms with Crippen LogP contribution in [0.15, 0.2) is 12.1 Å². The van der Waals surface area contributed by atoms with Crippen molar-refractivity contribution in [1.29, 1.82) is 0 Å². The summed E-state index contributed by atoms with van der Waals surface area (Å²) < 4.78 is 10.8. The van der Waals surface area contributed by atoms with Gasteiger partial charge in [0.2, 0.25) is 0 Å². The van der Waals surface area contributed by atoms with E-state index in [0.717, 1.165) is 29.3 Å². The molecule has 0 bridgehead atoms. The first-order chi connectivity index (χ1) is 9.17. The van der Waals surface area contributed by atoms with Crippen molar-refractivity contribution in [1.82, 2.24) is 0 Å². The maximum atomic E-state index is 5.43. The van der Waals surface area contributed by atoms with Gasteiger partial charge >= 0.3 is 0 Å². The van der Waals surface area contributed by atoms with Crippen molar-refractivity contribution in [3.63, 3.8) is 0 Å². The lowest BCUT2D eigenvalue weighted by atomic mass is 9.98. The number of aryl methyl sites for hydroxylation is 1. The van der Waals surface area contributed by atoms with Crippen molar-refractivity contribution in [3.05, 3.63) is 23.3 Å². The fraction of sp³-hybridized carbons (Fsp3) is 0.625. The van der Waals surface area contributed by atoms with Crippen molar-refractivity contribution in [2.75, 3.05) is 14.2 Å². The van der Waals surface area contributed by atoms with Gasteiger partial charge in [0.25, 0.3) is 0 Å². The summed E-state index contributed by atoms with van der Waals surface area (Å²) in [6, 6.07) is 4.22. The van der Waals surface area contributed by atoms with Crippen molar-refractivity contribution >= 4 is 15.9 Å². The second kappa shape index (κ2) is 5.01. The number of hydrogen-bond acceptors (Lipinski definition) is 2. The van der Waals surface area contributed by atoms with Gasteiger partial charge in [-0.2, -0.15) is 0 Å². The van der Waals surface area contributed by atoms with Gasteiger partial charge in [0.1, 0.15) is 0 Å². The van der Waals surface area contributed by atoms with Crippen LogP contribution in [0, 0.1) is 24.7 Å². The van der Waals surface area contributed by atoms with Crippen LogP contribution in [0.3, 0.4) is 0 Å². The molecule has 19 heavy (non-hydrogen) atoms. The third-order valence-electron chi connectivity index (χ3n) is 4.88. The molecule has 0 aromatic heterocycles. The van der Waals surface area contributed by atoms with E-state index in [1.54, 1.807) is 14.2 Å². The van der Waals surface area contributed by atoms with Crippen molar-refractivity contribution < 1.29 is 9.47 Å². The van der Waals surface area contributed by atoms with Gasteiger partial charge in [-0.15, -0.1) is 0 Å². The Hall–Kier alpha value is -0.700. The molecular formula is C16H21BrO2. The van der Waals surface area contributed by atoms with Crippen LogP contribution in [0.1, 0.15) is 35.2 Å². The molecule has 2 fully saturated rings. The second-order valence-electron chi connectivity index (χ2n) is 5.80. The predicted molar refractivity (Wildman–Crippen MR) is 80.3 cm³/mol. The Bertz CT molecular complexity index is 476. The first-order valence-electron chi connectivity index (χ1n) is 7.04.